The normalized spacial score (nSPS) is 11.9. The molecule has 0 saturated heterocycles. The minimum absolute atomic E-state index is 0.0223. The lowest BCUT2D eigenvalue weighted by Crippen LogP contribution is -2.35. The molecule has 0 bridgehead atoms. The number of hydrogen-bond donors (Lipinski definition) is 1. The van der Waals surface area contributed by atoms with Crippen LogP contribution in [0.4, 0.5) is 11.9 Å². The van der Waals surface area contributed by atoms with Gasteiger partial charge in [-0.1, -0.05) is 6.92 Å². The predicted octanol–water partition coefficient (Wildman–Crippen LogP) is 1.19. The maximum absolute atomic E-state index is 11.6. The van der Waals surface area contributed by atoms with Crippen LogP contribution in [0.3, 0.4) is 0 Å². The highest BCUT2D eigenvalue weighted by molar-refractivity contribution is 6.28. The van der Waals surface area contributed by atoms with Gasteiger partial charge in [0.1, 0.15) is 0 Å². The molecule has 1 N–H and O–H groups in total. The van der Waals surface area contributed by atoms with E-state index in [4.69, 9.17) is 11.6 Å². The maximum Gasteiger partial charge on any atom is 0.231 e. The molecular formula is C13H23ClN6O. The van der Waals surface area contributed by atoms with E-state index in [1.165, 1.54) is 0 Å². The topological polar surface area (TPSA) is 74.2 Å². The second kappa shape index (κ2) is 7.97. The monoisotopic (exact) mass is 314 g/mol. The second-order valence-electron chi connectivity index (χ2n) is 4.77. The van der Waals surface area contributed by atoms with Crippen molar-refractivity contribution in [3.63, 3.8) is 0 Å². The molecule has 0 aliphatic rings. The summed E-state index contributed by atoms with van der Waals surface area (Å²) >= 11 is 5.98. The van der Waals surface area contributed by atoms with Gasteiger partial charge in [-0.2, -0.15) is 15.0 Å². The molecule has 0 aliphatic carbocycles. The van der Waals surface area contributed by atoms with Gasteiger partial charge >= 0.3 is 0 Å². The molecule has 1 aromatic rings. The summed E-state index contributed by atoms with van der Waals surface area (Å²) in [7, 11) is 3.45. The molecule has 21 heavy (non-hydrogen) atoms. The molecule has 1 rings (SSSR count). The first-order valence-electron chi connectivity index (χ1n) is 7.02. The summed E-state index contributed by atoms with van der Waals surface area (Å²) in [6.45, 7) is 7.97. The Kier molecular flexibility index (Phi) is 6.61. The van der Waals surface area contributed by atoms with Crippen molar-refractivity contribution < 1.29 is 4.79 Å². The van der Waals surface area contributed by atoms with Crippen LogP contribution in [0.15, 0.2) is 0 Å². The van der Waals surface area contributed by atoms with Crippen molar-refractivity contribution in [3.8, 4) is 0 Å². The lowest BCUT2D eigenvalue weighted by Gasteiger charge is -2.23. The van der Waals surface area contributed by atoms with Gasteiger partial charge < -0.3 is 15.1 Å². The summed E-state index contributed by atoms with van der Waals surface area (Å²) in [6, 6.07) is 0. The Morgan fingerprint density at radius 2 is 1.81 bits per heavy atom. The van der Waals surface area contributed by atoms with Crippen LogP contribution in [0.2, 0.25) is 5.28 Å². The van der Waals surface area contributed by atoms with Crippen molar-refractivity contribution >= 4 is 29.4 Å². The predicted molar refractivity (Wildman–Crippen MR) is 84.9 cm³/mol. The Labute approximate surface area is 130 Å². The van der Waals surface area contributed by atoms with Gasteiger partial charge in [0, 0.05) is 33.7 Å². The fraction of sp³-hybridized carbons (Fsp3) is 0.692. The van der Waals surface area contributed by atoms with E-state index in [0.717, 1.165) is 13.1 Å². The number of carbonyl (C=O) groups excluding carboxylic acids is 1. The summed E-state index contributed by atoms with van der Waals surface area (Å²) < 4.78 is 0. The molecule has 118 valence electrons. The molecule has 0 saturated carbocycles. The van der Waals surface area contributed by atoms with Gasteiger partial charge in [0.25, 0.3) is 0 Å². The number of anilines is 2. The minimum Gasteiger partial charge on any atom is -0.359 e. The number of halogens is 1. The van der Waals surface area contributed by atoms with Crippen molar-refractivity contribution in [3.05, 3.63) is 5.28 Å². The third-order valence-corrected chi connectivity index (χ3v) is 3.38. The third kappa shape index (κ3) is 4.70. The highest BCUT2D eigenvalue weighted by Gasteiger charge is 2.17. The zero-order valence-corrected chi connectivity index (χ0v) is 14.0. The first-order chi connectivity index (χ1) is 9.92. The standard InChI is InChI=1S/C13H23ClN6O/c1-6-20(7-2)13-17-11(14)16-12(18-13)19(5)8-9(3)10(21)15-4/h9H,6-8H2,1-5H3,(H,15,21). The number of nitrogens with zero attached hydrogens (tertiary/aromatic N) is 5. The van der Waals surface area contributed by atoms with Crippen LogP contribution in [-0.4, -0.2) is 54.6 Å². The summed E-state index contributed by atoms with van der Waals surface area (Å²) in [5.41, 5.74) is 0. The number of hydrogen-bond acceptors (Lipinski definition) is 6. The zero-order chi connectivity index (χ0) is 16.0. The van der Waals surface area contributed by atoms with E-state index in [1.807, 2.05) is 32.7 Å². The molecule has 0 aromatic carbocycles. The van der Waals surface area contributed by atoms with Gasteiger partial charge in [-0.05, 0) is 25.4 Å². The zero-order valence-electron chi connectivity index (χ0n) is 13.2. The van der Waals surface area contributed by atoms with Gasteiger partial charge in [-0.15, -0.1) is 0 Å². The average Bonchev–Trinajstić information content (AvgIpc) is 2.46. The van der Waals surface area contributed by atoms with Gasteiger partial charge in [0.2, 0.25) is 23.1 Å². The van der Waals surface area contributed by atoms with Crippen molar-refractivity contribution in [2.75, 3.05) is 43.5 Å². The first-order valence-corrected chi connectivity index (χ1v) is 7.39. The summed E-state index contributed by atoms with van der Waals surface area (Å²) in [5, 5.41) is 2.78. The number of amides is 1. The fourth-order valence-electron chi connectivity index (χ4n) is 1.97. The van der Waals surface area contributed by atoms with Crippen molar-refractivity contribution in [1.82, 2.24) is 20.3 Å². The minimum atomic E-state index is -0.174. The van der Waals surface area contributed by atoms with E-state index < -0.39 is 0 Å². The molecule has 1 amide bonds. The van der Waals surface area contributed by atoms with Gasteiger partial charge in [0.15, 0.2) is 0 Å². The van der Waals surface area contributed by atoms with Gasteiger partial charge in [-0.3, -0.25) is 4.79 Å². The average molecular weight is 315 g/mol. The quantitative estimate of drug-likeness (QED) is 0.815. The van der Waals surface area contributed by atoms with E-state index in [0.29, 0.717) is 18.4 Å². The Balaban J connectivity index is 2.94. The van der Waals surface area contributed by atoms with Crippen LogP contribution in [0, 0.1) is 5.92 Å². The Hall–Kier alpha value is -1.63. The van der Waals surface area contributed by atoms with Crippen LogP contribution in [0.5, 0.6) is 0 Å². The van der Waals surface area contributed by atoms with E-state index >= 15 is 0 Å². The maximum atomic E-state index is 11.6. The molecular weight excluding hydrogens is 292 g/mol. The molecule has 1 aromatic heterocycles. The van der Waals surface area contributed by atoms with Crippen molar-refractivity contribution in [2.24, 2.45) is 5.92 Å². The number of rotatable bonds is 7. The van der Waals surface area contributed by atoms with Gasteiger partial charge in [0.05, 0.1) is 5.92 Å². The largest absolute Gasteiger partial charge is 0.359 e. The molecule has 8 heteroatoms. The Morgan fingerprint density at radius 3 is 2.33 bits per heavy atom. The van der Waals surface area contributed by atoms with Crippen LogP contribution < -0.4 is 15.1 Å². The van der Waals surface area contributed by atoms with E-state index in [2.05, 4.69) is 20.3 Å². The Bertz CT molecular complexity index is 480. The lowest BCUT2D eigenvalue weighted by atomic mass is 10.1. The van der Waals surface area contributed by atoms with Crippen molar-refractivity contribution in [2.45, 2.75) is 20.8 Å². The number of aromatic nitrogens is 3. The number of nitrogens with one attached hydrogen (secondary N) is 1. The van der Waals surface area contributed by atoms with Crippen molar-refractivity contribution in [1.29, 1.82) is 0 Å². The first kappa shape index (κ1) is 17.4. The molecule has 0 spiro atoms. The smallest absolute Gasteiger partial charge is 0.231 e. The van der Waals surface area contributed by atoms with E-state index in [-0.39, 0.29) is 17.1 Å². The summed E-state index contributed by atoms with van der Waals surface area (Å²) in [4.78, 5) is 28.1. The SMILES string of the molecule is CCN(CC)c1nc(Cl)nc(N(C)CC(C)C(=O)NC)n1. The molecule has 1 unspecified atom stereocenters. The molecule has 1 atom stereocenters. The van der Waals surface area contributed by atoms with Crippen LogP contribution >= 0.6 is 11.6 Å². The molecule has 0 aliphatic heterocycles. The van der Waals surface area contributed by atoms with E-state index in [1.54, 1.807) is 11.9 Å². The second-order valence-corrected chi connectivity index (χ2v) is 5.11. The third-order valence-electron chi connectivity index (χ3n) is 3.21. The summed E-state index contributed by atoms with van der Waals surface area (Å²) in [6.07, 6.45) is 0. The highest BCUT2D eigenvalue weighted by Crippen LogP contribution is 2.16. The van der Waals surface area contributed by atoms with Crippen LogP contribution in [0.1, 0.15) is 20.8 Å². The number of carbonyl (C=O) groups is 1. The van der Waals surface area contributed by atoms with E-state index in [9.17, 15) is 4.79 Å². The lowest BCUT2D eigenvalue weighted by molar-refractivity contribution is -0.123. The van der Waals surface area contributed by atoms with Crippen LogP contribution in [-0.2, 0) is 4.79 Å². The Morgan fingerprint density at radius 1 is 1.24 bits per heavy atom. The molecule has 7 nitrogen and oxygen atoms in total. The van der Waals surface area contributed by atoms with Crippen LogP contribution in [0.25, 0.3) is 0 Å². The summed E-state index contributed by atoms with van der Waals surface area (Å²) in [5.74, 6) is 0.820. The molecule has 1 heterocycles. The molecule has 0 radical (unpaired) electrons. The van der Waals surface area contributed by atoms with Gasteiger partial charge in [-0.25, -0.2) is 0 Å². The fourth-order valence-corrected chi connectivity index (χ4v) is 2.12. The highest BCUT2D eigenvalue weighted by atomic mass is 35.5. The molecule has 0 fully saturated rings.